The van der Waals surface area contributed by atoms with Gasteiger partial charge in [-0.1, -0.05) is 15.9 Å². The Bertz CT molecular complexity index is 305. The number of halogens is 2. The Labute approximate surface area is 89.7 Å². The average Bonchev–Trinajstić information content (AvgIpc) is 2.02. The minimum Gasteiger partial charge on any atom is -0.508 e. The molecule has 1 aromatic rings. The summed E-state index contributed by atoms with van der Waals surface area (Å²) in [4.78, 5) is 11.0. The Morgan fingerprint density at radius 1 is 1.46 bits per heavy atom. The minimum absolute atomic E-state index is 0.00722. The van der Waals surface area contributed by atoms with Crippen molar-refractivity contribution in [1.82, 2.24) is 0 Å². The van der Waals surface area contributed by atoms with Crippen LogP contribution in [0.4, 0.5) is 0 Å². The number of carbonyl (C=O) groups excluding carboxylic acids is 1. The molecule has 70 valence electrons. The molecule has 0 saturated heterocycles. The standard InChI is InChI=1S/C9H8BrClO2/c10-7-1-6(2-8(12)4-7)3-9(13)5-11/h1-2,4,12H,3,5H2. The topological polar surface area (TPSA) is 37.3 Å². The number of aromatic hydroxyl groups is 1. The van der Waals surface area contributed by atoms with Gasteiger partial charge in [-0.2, -0.15) is 0 Å². The quantitative estimate of drug-likeness (QED) is 0.851. The highest BCUT2D eigenvalue weighted by Gasteiger charge is 2.03. The molecule has 0 heterocycles. The fourth-order valence-corrected chi connectivity index (χ4v) is 1.63. The number of benzene rings is 1. The first-order chi connectivity index (χ1) is 6.11. The van der Waals surface area contributed by atoms with E-state index in [1.54, 1.807) is 18.2 Å². The third-order valence-corrected chi connectivity index (χ3v) is 2.25. The minimum atomic E-state index is -0.0563. The molecule has 0 radical (unpaired) electrons. The molecule has 1 N–H and O–H groups in total. The van der Waals surface area contributed by atoms with Gasteiger partial charge in [0.15, 0.2) is 5.78 Å². The number of rotatable bonds is 3. The van der Waals surface area contributed by atoms with Crippen molar-refractivity contribution in [2.45, 2.75) is 6.42 Å². The van der Waals surface area contributed by atoms with Gasteiger partial charge in [0.25, 0.3) is 0 Å². The molecule has 0 amide bonds. The predicted molar refractivity (Wildman–Crippen MR) is 55.2 cm³/mol. The first-order valence-electron chi connectivity index (χ1n) is 3.68. The Hall–Kier alpha value is -0.540. The molecule has 0 aromatic heterocycles. The third-order valence-electron chi connectivity index (χ3n) is 1.49. The third kappa shape index (κ3) is 3.36. The van der Waals surface area contributed by atoms with E-state index in [-0.39, 0.29) is 23.8 Å². The van der Waals surface area contributed by atoms with Gasteiger partial charge in [-0.15, -0.1) is 11.6 Å². The van der Waals surface area contributed by atoms with Crippen molar-refractivity contribution in [2.75, 3.05) is 5.88 Å². The smallest absolute Gasteiger partial charge is 0.151 e. The van der Waals surface area contributed by atoms with Gasteiger partial charge in [0, 0.05) is 10.9 Å². The Balaban J connectivity index is 2.83. The summed E-state index contributed by atoms with van der Waals surface area (Å²) in [6.45, 7) is 0. The van der Waals surface area contributed by atoms with E-state index in [1.165, 1.54) is 0 Å². The van der Waals surface area contributed by atoms with Crippen molar-refractivity contribution in [3.05, 3.63) is 28.2 Å². The summed E-state index contributed by atoms with van der Waals surface area (Å²) in [6.07, 6.45) is 0.260. The van der Waals surface area contributed by atoms with Crippen LogP contribution in [0.15, 0.2) is 22.7 Å². The maximum atomic E-state index is 11.0. The van der Waals surface area contributed by atoms with Crippen molar-refractivity contribution >= 4 is 33.3 Å². The second-order valence-electron chi connectivity index (χ2n) is 2.67. The van der Waals surface area contributed by atoms with E-state index in [4.69, 9.17) is 11.6 Å². The van der Waals surface area contributed by atoms with Crippen molar-refractivity contribution in [3.63, 3.8) is 0 Å². The van der Waals surface area contributed by atoms with Crippen LogP contribution in [0.2, 0.25) is 0 Å². The molecular weight excluding hydrogens is 255 g/mol. The second kappa shape index (κ2) is 4.63. The molecule has 0 aliphatic carbocycles. The van der Waals surface area contributed by atoms with Crippen LogP contribution in [0, 0.1) is 0 Å². The summed E-state index contributed by atoms with van der Waals surface area (Å²) >= 11 is 8.58. The monoisotopic (exact) mass is 262 g/mol. The lowest BCUT2D eigenvalue weighted by molar-refractivity contribution is -0.116. The van der Waals surface area contributed by atoms with Crippen LogP contribution in [-0.4, -0.2) is 16.8 Å². The van der Waals surface area contributed by atoms with Crippen molar-refractivity contribution in [3.8, 4) is 5.75 Å². The van der Waals surface area contributed by atoms with Crippen molar-refractivity contribution < 1.29 is 9.90 Å². The molecule has 0 unspecified atom stereocenters. The maximum absolute atomic E-state index is 11.0. The van der Waals surface area contributed by atoms with Crippen LogP contribution in [0.1, 0.15) is 5.56 Å². The van der Waals surface area contributed by atoms with Crippen molar-refractivity contribution in [2.24, 2.45) is 0 Å². The molecule has 13 heavy (non-hydrogen) atoms. The summed E-state index contributed by atoms with van der Waals surface area (Å²) in [5.41, 5.74) is 0.762. The zero-order valence-electron chi connectivity index (χ0n) is 6.76. The number of hydrogen-bond acceptors (Lipinski definition) is 2. The van der Waals surface area contributed by atoms with Crippen LogP contribution < -0.4 is 0 Å². The highest BCUT2D eigenvalue weighted by Crippen LogP contribution is 2.20. The highest BCUT2D eigenvalue weighted by atomic mass is 79.9. The van der Waals surface area contributed by atoms with Gasteiger partial charge in [0.05, 0.1) is 5.88 Å². The van der Waals surface area contributed by atoms with E-state index < -0.39 is 0 Å². The SMILES string of the molecule is O=C(CCl)Cc1cc(O)cc(Br)c1. The predicted octanol–water partition coefficient (Wildman–Crippen LogP) is 2.51. The van der Waals surface area contributed by atoms with Gasteiger partial charge in [-0.25, -0.2) is 0 Å². The van der Waals surface area contributed by atoms with Crippen LogP contribution in [-0.2, 0) is 11.2 Å². The number of phenols is 1. The molecule has 0 bridgehead atoms. The number of ketones is 1. The van der Waals surface area contributed by atoms with Crippen LogP contribution in [0.5, 0.6) is 5.75 Å². The number of carbonyl (C=O) groups is 1. The molecular formula is C9H8BrClO2. The van der Waals surface area contributed by atoms with Gasteiger partial charge in [-0.05, 0) is 23.8 Å². The Morgan fingerprint density at radius 2 is 2.15 bits per heavy atom. The van der Waals surface area contributed by atoms with E-state index in [9.17, 15) is 9.90 Å². The lowest BCUT2D eigenvalue weighted by Crippen LogP contribution is -2.03. The first-order valence-corrected chi connectivity index (χ1v) is 5.00. The summed E-state index contributed by atoms with van der Waals surface area (Å²) in [7, 11) is 0. The Kier molecular flexibility index (Phi) is 3.75. The number of hydrogen-bond donors (Lipinski definition) is 1. The summed E-state index contributed by atoms with van der Waals surface area (Å²) in [5.74, 6) is 0.0960. The van der Waals surface area contributed by atoms with E-state index in [0.29, 0.717) is 0 Å². The average molecular weight is 264 g/mol. The van der Waals surface area contributed by atoms with Gasteiger partial charge < -0.3 is 5.11 Å². The van der Waals surface area contributed by atoms with E-state index in [0.717, 1.165) is 10.0 Å². The molecule has 0 aliphatic rings. The summed E-state index contributed by atoms with van der Waals surface area (Å²) < 4.78 is 0.755. The molecule has 0 saturated carbocycles. The molecule has 0 aliphatic heterocycles. The highest BCUT2D eigenvalue weighted by molar-refractivity contribution is 9.10. The molecule has 1 aromatic carbocycles. The number of phenolic OH excluding ortho intramolecular Hbond substituents is 1. The van der Waals surface area contributed by atoms with Crippen LogP contribution in [0.25, 0.3) is 0 Å². The second-order valence-corrected chi connectivity index (χ2v) is 3.85. The molecule has 4 heteroatoms. The lowest BCUT2D eigenvalue weighted by Gasteiger charge is -2.00. The summed E-state index contributed by atoms with van der Waals surface area (Å²) in [6, 6.07) is 4.90. The fourth-order valence-electron chi connectivity index (χ4n) is 1.01. The lowest BCUT2D eigenvalue weighted by atomic mass is 10.1. The van der Waals surface area contributed by atoms with E-state index in [1.807, 2.05) is 0 Å². The first kappa shape index (κ1) is 10.5. The normalized spacial score (nSPS) is 10.0. The van der Waals surface area contributed by atoms with Crippen molar-refractivity contribution in [1.29, 1.82) is 0 Å². The van der Waals surface area contributed by atoms with Gasteiger partial charge in [-0.3, -0.25) is 4.79 Å². The fraction of sp³-hybridized carbons (Fsp3) is 0.222. The van der Waals surface area contributed by atoms with E-state index >= 15 is 0 Å². The number of alkyl halides is 1. The molecule has 0 fully saturated rings. The molecule has 2 nitrogen and oxygen atoms in total. The van der Waals surface area contributed by atoms with E-state index in [2.05, 4.69) is 15.9 Å². The zero-order chi connectivity index (χ0) is 9.84. The maximum Gasteiger partial charge on any atom is 0.151 e. The molecule has 1 rings (SSSR count). The van der Waals surface area contributed by atoms with Crippen LogP contribution in [0.3, 0.4) is 0 Å². The molecule has 0 atom stereocenters. The van der Waals surface area contributed by atoms with Gasteiger partial charge >= 0.3 is 0 Å². The van der Waals surface area contributed by atoms with Gasteiger partial charge in [0.2, 0.25) is 0 Å². The largest absolute Gasteiger partial charge is 0.508 e. The van der Waals surface area contributed by atoms with Crippen LogP contribution >= 0.6 is 27.5 Å². The number of Topliss-reactive ketones (excluding diaryl/α,β-unsaturated/α-hetero) is 1. The summed E-state index contributed by atoms with van der Waals surface area (Å²) in [5, 5.41) is 9.21. The molecule has 0 spiro atoms. The zero-order valence-corrected chi connectivity index (χ0v) is 9.10. The Morgan fingerprint density at radius 3 is 2.69 bits per heavy atom. The van der Waals surface area contributed by atoms with Gasteiger partial charge in [0.1, 0.15) is 5.75 Å².